The smallest absolute Gasteiger partial charge is 0.316 e. The lowest BCUT2D eigenvalue weighted by Crippen LogP contribution is -2.30. The summed E-state index contributed by atoms with van der Waals surface area (Å²) in [6.07, 6.45) is 0. The molecule has 2 nitrogen and oxygen atoms in total. The van der Waals surface area contributed by atoms with Gasteiger partial charge in [0.15, 0.2) is 0 Å². The standard InChI is InChI=1S/C14H18O2/c1-13(2)9-16-12(15)14(3,4)11-8-6-5-7-10(11)13/h5-8H,9H2,1-4H3. The van der Waals surface area contributed by atoms with E-state index in [-0.39, 0.29) is 11.4 Å². The molecule has 1 heterocycles. The minimum atomic E-state index is -0.551. The fourth-order valence-electron chi connectivity index (χ4n) is 2.23. The molecule has 0 atom stereocenters. The van der Waals surface area contributed by atoms with Gasteiger partial charge in [0.05, 0.1) is 5.41 Å². The van der Waals surface area contributed by atoms with E-state index in [1.165, 1.54) is 5.56 Å². The fraction of sp³-hybridized carbons (Fsp3) is 0.500. The zero-order valence-electron chi connectivity index (χ0n) is 10.3. The van der Waals surface area contributed by atoms with Crippen LogP contribution in [0.3, 0.4) is 0 Å². The second-order valence-corrected chi connectivity index (χ2v) is 5.63. The van der Waals surface area contributed by atoms with E-state index in [1.807, 2.05) is 32.0 Å². The van der Waals surface area contributed by atoms with Crippen LogP contribution in [0.25, 0.3) is 0 Å². The van der Waals surface area contributed by atoms with E-state index in [4.69, 9.17) is 4.74 Å². The average Bonchev–Trinajstić information content (AvgIpc) is 2.31. The Morgan fingerprint density at radius 3 is 2.25 bits per heavy atom. The van der Waals surface area contributed by atoms with Crippen LogP contribution in [-0.4, -0.2) is 12.6 Å². The number of fused-ring (bicyclic) bond motifs is 1. The quantitative estimate of drug-likeness (QED) is 0.626. The molecule has 1 aromatic carbocycles. The maximum atomic E-state index is 12.0. The van der Waals surface area contributed by atoms with E-state index in [0.717, 1.165) is 5.56 Å². The first-order valence-electron chi connectivity index (χ1n) is 5.63. The number of carbonyl (C=O) groups excluding carboxylic acids is 1. The van der Waals surface area contributed by atoms with Crippen LogP contribution in [-0.2, 0) is 20.4 Å². The van der Waals surface area contributed by atoms with Crippen molar-refractivity contribution in [3.8, 4) is 0 Å². The van der Waals surface area contributed by atoms with E-state index in [2.05, 4.69) is 19.9 Å². The zero-order valence-corrected chi connectivity index (χ0v) is 10.3. The number of hydrogen-bond acceptors (Lipinski definition) is 2. The van der Waals surface area contributed by atoms with Crippen molar-refractivity contribution in [2.45, 2.75) is 38.5 Å². The highest BCUT2D eigenvalue weighted by atomic mass is 16.5. The third kappa shape index (κ3) is 1.53. The van der Waals surface area contributed by atoms with Gasteiger partial charge in [-0.1, -0.05) is 38.1 Å². The van der Waals surface area contributed by atoms with Crippen LogP contribution in [0, 0.1) is 0 Å². The maximum Gasteiger partial charge on any atom is 0.316 e. The molecule has 1 aliphatic heterocycles. The number of benzene rings is 1. The third-order valence-electron chi connectivity index (χ3n) is 3.40. The van der Waals surface area contributed by atoms with Gasteiger partial charge in [-0.3, -0.25) is 4.79 Å². The van der Waals surface area contributed by atoms with Gasteiger partial charge in [-0.25, -0.2) is 0 Å². The second-order valence-electron chi connectivity index (χ2n) is 5.63. The molecule has 0 amide bonds. The Kier molecular flexibility index (Phi) is 2.33. The van der Waals surface area contributed by atoms with Gasteiger partial charge in [-0.2, -0.15) is 0 Å². The maximum absolute atomic E-state index is 12.0. The summed E-state index contributed by atoms with van der Waals surface area (Å²) < 4.78 is 5.38. The molecule has 0 aliphatic carbocycles. The van der Waals surface area contributed by atoms with Crippen molar-refractivity contribution < 1.29 is 9.53 Å². The Bertz CT molecular complexity index is 430. The molecule has 2 rings (SSSR count). The first-order valence-corrected chi connectivity index (χ1v) is 5.63. The van der Waals surface area contributed by atoms with E-state index >= 15 is 0 Å². The zero-order chi connectivity index (χ0) is 12.0. The Morgan fingerprint density at radius 1 is 1.06 bits per heavy atom. The van der Waals surface area contributed by atoms with Crippen molar-refractivity contribution in [2.24, 2.45) is 0 Å². The molecule has 2 heteroatoms. The van der Waals surface area contributed by atoms with Gasteiger partial charge in [0.25, 0.3) is 0 Å². The van der Waals surface area contributed by atoms with Crippen LogP contribution in [0.2, 0.25) is 0 Å². The molecule has 0 spiro atoms. The lowest BCUT2D eigenvalue weighted by molar-refractivity contribution is -0.150. The summed E-state index contributed by atoms with van der Waals surface area (Å²) >= 11 is 0. The van der Waals surface area contributed by atoms with Crippen molar-refractivity contribution >= 4 is 5.97 Å². The lowest BCUT2D eigenvalue weighted by Gasteiger charge is -2.26. The molecule has 1 aromatic rings. The van der Waals surface area contributed by atoms with E-state index in [9.17, 15) is 4.79 Å². The van der Waals surface area contributed by atoms with Gasteiger partial charge in [0.2, 0.25) is 0 Å². The third-order valence-corrected chi connectivity index (χ3v) is 3.40. The fourth-order valence-corrected chi connectivity index (χ4v) is 2.23. The first kappa shape index (κ1) is 11.2. The summed E-state index contributed by atoms with van der Waals surface area (Å²) in [5.74, 6) is -0.134. The largest absolute Gasteiger partial charge is 0.464 e. The number of rotatable bonds is 0. The highest BCUT2D eigenvalue weighted by Gasteiger charge is 2.40. The minimum absolute atomic E-state index is 0.111. The van der Waals surface area contributed by atoms with Crippen molar-refractivity contribution in [1.82, 2.24) is 0 Å². The Morgan fingerprint density at radius 2 is 1.62 bits per heavy atom. The Balaban J connectivity index is 2.69. The molecule has 0 fully saturated rings. The second kappa shape index (κ2) is 3.34. The Labute approximate surface area is 96.6 Å². The van der Waals surface area contributed by atoms with Gasteiger partial charge < -0.3 is 4.74 Å². The summed E-state index contributed by atoms with van der Waals surface area (Å²) in [4.78, 5) is 12.0. The van der Waals surface area contributed by atoms with Gasteiger partial charge in [-0.05, 0) is 25.0 Å². The predicted octanol–water partition coefficient (Wildman–Crippen LogP) is 2.80. The van der Waals surface area contributed by atoms with Crippen molar-refractivity contribution in [3.63, 3.8) is 0 Å². The van der Waals surface area contributed by atoms with Crippen LogP contribution in [0.5, 0.6) is 0 Å². The van der Waals surface area contributed by atoms with Crippen molar-refractivity contribution in [3.05, 3.63) is 35.4 Å². The molecule has 16 heavy (non-hydrogen) atoms. The van der Waals surface area contributed by atoms with Crippen LogP contribution in [0.1, 0.15) is 38.8 Å². The first-order chi connectivity index (χ1) is 7.36. The van der Waals surface area contributed by atoms with Gasteiger partial charge in [0, 0.05) is 5.41 Å². The molecule has 0 unspecified atom stereocenters. The topological polar surface area (TPSA) is 26.3 Å². The van der Waals surface area contributed by atoms with E-state index in [1.54, 1.807) is 0 Å². The highest BCUT2D eigenvalue weighted by molar-refractivity contribution is 5.83. The number of ether oxygens (including phenoxy) is 1. The molecule has 0 N–H and O–H groups in total. The summed E-state index contributed by atoms with van der Waals surface area (Å²) in [5, 5.41) is 0. The highest BCUT2D eigenvalue weighted by Crippen LogP contribution is 2.38. The SMILES string of the molecule is CC1(C)COC(=O)C(C)(C)c2ccccc21. The molecule has 0 bridgehead atoms. The number of carbonyl (C=O) groups is 1. The lowest BCUT2D eigenvalue weighted by atomic mass is 9.75. The van der Waals surface area contributed by atoms with Crippen LogP contribution in [0.15, 0.2) is 24.3 Å². The summed E-state index contributed by atoms with van der Waals surface area (Å²) in [6, 6.07) is 8.13. The molecule has 0 radical (unpaired) electrons. The van der Waals surface area contributed by atoms with Gasteiger partial charge >= 0.3 is 5.97 Å². The minimum Gasteiger partial charge on any atom is -0.464 e. The number of cyclic esters (lactones) is 1. The Hall–Kier alpha value is -1.31. The van der Waals surface area contributed by atoms with Crippen molar-refractivity contribution in [2.75, 3.05) is 6.61 Å². The van der Waals surface area contributed by atoms with E-state index in [0.29, 0.717) is 6.61 Å². The van der Waals surface area contributed by atoms with Crippen LogP contribution in [0.4, 0.5) is 0 Å². The summed E-state index contributed by atoms with van der Waals surface area (Å²) in [5.41, 5.74) is 1.64. The number of esters is 1. The molecule has 0 aromatic heterocycles. The molecule has 0 saturated carbocycles. The number of hydrogen-bond donors (Lipinski definition) is 0. The average molecular weight is 218 g/mol. The monoisotopic (exact) mass is 218 g/mol. The molecular weight excluding hydrogens is 200 g/mol. The summed E-state index contributed by atoms with van der Waals surface area (Å²) in [6.45, 7) is 8.53. The normalized spacial score (nSPS) is 21.9. The molecule has 1 aliphatic rings. The van der Waals surface area contributed by atoms with Gasteiger partial charge in [-0.15, -0.1) is 0 Å². The summed E-state index contributed by atoms with van der Waals surface area (Å²) in [7, 11) is 0. The molecule has 0 saturated heterocycles. The van der Waals surface area contributed by atoms with Crippen LogP contribution >= 0.6 is 0 Å². The predicted molar refractivity (Wildman–Crippen MR) is 63.5 cm³/mol. The van der Waals surface area contributed by atoms with Gasteiger partial charge in [0.1, 0.15) is 6.61 Å². The van der Waals surface area contributed by atoms with E-state index < -0.39 is 5.41 Å². The van der Waals surface area contributed by atoms with Crippen molar-refractivity contribution in [1.29, 1.82) is 0 Å². The molecular formula is C14H18O2. The molecule has 86 valence electrons. The van der Waals surface area contributed by atoms with Crippen LogP contribution < -0.4 is 0 Å².